The van der Waals surface area contributed by atoms with Crippen molar-refractivity contribution in [1.29, 1.82) is 0 Å². The van der Waals surface area contributed by atoms with Crippen molar-refractivity contribution in [3.63, 3.8) is 0 Å². The van der Waals surface area contributed by atoms with Crippen molar-refractivity contribution in [2.24, 2.45) is 4.99 Å². The van der Waals surface area contributed by atoms with Gasteiger partial charge in [-0.25, -0.2) is 0 Å². The lowest BCUT2D eigenvalue weighted by Crippen LogP contribution is -2.13. The maximum absolute atomic E-state index is 12.7. The van der Waals surface area contributed by atoms with Gasteiger partial charge in [0.15, 0.2) is 0 Å². The molecule has 0 fully saturated rings. The third-order valence-electron chi connectivity index (χ3n) is 3.78. The molecule has 1 heterocycles. The standard InChI is InChI=1S/C20H19NO3S2/c1-14-11-15(2)20(16(3)12-14)26(22,23)24-18-8-6-17(7-9-18)21-13-19-5-4-10-25-19/h4-13H,1-3H3. The molecule has 0 saturated heterocycles. The number of rotatable bonds is 5. The smallest absolute Gasteiger partial charge is 0.339 e. The predicted octanol–water partition coefficient (Wildman–Crippen LogP) is 5.19. The van der Waals surface area contributed by atoms with Gasteiger partial charge in [-0.05, 0) is 67.6 Å². The van der Waals surface area contributed by atoms with E-state index >= 15 is 0 Å². The summed E-state index contributed by atoms with van der Waals surface area (Å²) in [5.41, 5.74) is 3.11. The van der Waals surface area contributed by atoms with Crippen molar-refractivity contribution in [2.45, 2.75) is 25.7 Å². The predicted molar refractivity (Wildman–Crippen MR) is 106 cm³/mol. The molecule has 0 amide bonds. The van der Waals surface area contributed by atoms with E-state index in [-0.39, 0.29) is 10.6 Å². The Morgan fingerprint density at radius 3 is 2.23 bits per heavy atom. The summed E-state index contributed by atoms with van der Waals surface area (Å²) in [6.45, 7) is 5.49. The monoisotopic (exact) mass is 385 g/mol. The van der Waals surface area contributed by atoms with Crippen molar-refractivity contribution in [3.05, 3.63) is 75.5 Å². The molecular weight excluding hydrogens is 366 g/mol. The van der Waals surface area contributed by atoms with E-state index in [9.17, 15) is 8.42 Å². The van der Waals surface area contributed by atoms with Crippen LogP contribution in [0.5, 0.6) is 5.75 Å². The van der Waals surface area contributed by atoms with Crippen LogP contribution in [0, 0.1) is 20.8 Å². The van der Waals surface area contributed by atoms with E-state index in [0.717, 1.165) is 16.1 Å². The first-order chi connectivity index (χ1) is 12.3. The molecule has 0 unspecified atom stereocenters. The molecule has 0 saturated carbocycles. The maximum Gasteiger partial charge on any atom is 0.339 e. The summed E-state index contributed by atoms with van der Waals surface area (Å²) >= 11 is 1.60. The summed E-state index contributed by atoms with van der Waals surface area (Å²) in [7, 11) is -3.89. The fraction of sp³-hybridized carbons (Fsp3) is 0.150. The van der Waals surface area contributed by atoms with E-state index in [4.69, 9.17) is 4.18 Å². The number of nitrogens with zero attached hydrogens (tertiary/aromatic N) is 1. The zero-order chi connectivity index (χ0) is 18.7. The number of aliphatic imine (C=N–C) groups is 1. The fourth-order valence-corrected chi connectivity index (χ4v) is 4.76. The summed E-state index contributed by atoms with van der Waals surface area (Å²) in [5.74, 6) is 0.263. The van der Waals surface area contributed by atoms with Gasteiger partial charge in [-0.2, -0.15) is 8.42 Å². The zero-order valence-corrected chi connectivity index (χ0v) is 16.4. The second-order valence-electron chi connectivity index (χ2n) is 6.03. The van der Waals surface area contributed by atoms with Gasteiger partial charge < -0.3 is 4.18 Å². The SMILES string of the molecule is Cc1cc(C)c(S(=O)(=O)Oc2ccc(N=Cc3cccs3)cc2)c(C)c1. The minimum atomic E-state index is -3.89. The summed E-state index contributed by atoms with van der Waals surface area (Å²) in [6.07, 6.45) is 1.77. The Morgan fingerprint density at radius 2 is 1.65 bits per heavy atom. The lowest BCUT2D eigenvalue weighted by Gasteiger charge is -2.13. The number of aryl methyl sites for hydroxylation is 3. The van der Waals surface area contributed by atoms with Crippen LogP contribution in [0.4, 0.5) is 5.69 Å². The molecule has 3 aromatic rings. The second-order valence-corrected chi connectivity index (χ2v) is 8.50. The normalized spacial score (nSPS) is 11.8. The Balaban J connectivity index is 1.80. The molecule has 0 aliphatic rings. The first kappa shape index (κ1) is 18.4. The Morgan fingerprint density at radius 1 is 1.00 bits per heavy atom. The van der Waals surface area contributed by atoms with Gasteiger partial charge in [0.25, 0.3) is 0 Å². The second kappa shape index (κ2) is 7.43. The Kier molecular flexibility index (Phi) is 5.25. The van der Waals surface area contributed by atoms with Crippen molar-refractivity contribution in [3.8, 4) is 5.75 Å². The highest BCUT2D eigenvalue weighted by atomic mass is 32.2. The average molecular weight is 386 g/mol. The van der Waals surface area contributed by atoms with Gasteiger partial charge in [0.1, 0.15) is 10.6 Å². The highest BCUT2D eigenvalue weighted by molar-refractivity contribution is 7.87. The zero-order valence-electron chi connectivity index (χ0n) is 14.8. The Labute approximate surface area is 157 Å². The minimum absolute atomic E-state index is 0.225. The first-order valence-corrected chi connectivity index (χ1v) is 10.3. The van der Waals surface area contributed by atoms with E-state index < -0.39 is 10.1 Å². The van der Waals surface area contributed by atoms with Gasteiger partial charge in [0.05, 0.1) is 5.69 Å². The molecule has 0 radical (unpaired) electrons. The maximum atomic E-state index is 12.7. The average Bonchev–Trinajstić information content (AvgIpc) is 3.06. The van der Waals surface area contributed by atoms with Crippen LogP contribution in [0.2, 0.25) is 0 Å². The van der Waals surface area contributed by atoms with E-state index in [1.165, 1.54) is 0 Å². The van der Waals surface area contributed by atoms with Crippen LogP contribution in [-0.4, -0.2) is 14.6 Å². The van der Waals surface area contributed by atoms with Gasteiger partial charge in [0.2, 0.25) is 0 Å². The number of benzene rings is 2. The molecule has 2 aromatic carbocycles. The van der Waals surface area contributed by atoms with Gasteiger partial charge in [-0.15, -0.1) is 11.3 Å². The van der Waals surface area contributed by atoms with Crippen LogP contribution >= 0.6 is 11.3 Å². The number of hydrogen-bond acceptors (Lipinski definition) is 5. The molecule has 1 aromatic heterocycles. The molecule has 26 heavy (non-hydrogen) atoms. The summed E-state index contributed by atoms with van der Waals surface area (Å²) in [4.78, 5) is 5.64. The van der Waals surface area contributed by atoms with Crippen molar-refractivity contribution in [2.75, 3.05) is 0 Å². The van der Waals surface area contributed by atoms with Crippen LogP contribution in [0.3, 0.4) is 0 Å². The van der Waals surface area contributed by atoms with E-state index in [2.05, 4.69) is 4.99 Å². The van der Waals surface area contributed by atoms with Gasteiger partial charge in [-0.3, -0.25) is 4.99 Å². The molecule has 4 nitrogen and oxygen atoms in total. The molecular formula is C20H19NO3S2. The molecule has 0 spiro atoms. The molecule has 0 aliphatic carbocycles. The topological polar surface area (TPSA) is 55.7 Å². The van der Waals surface area contributed by atoms with Crippen molar-refractivity contribution in [1.82, 2.24) is 0 Å². The van der Waals surface area contributed by atoms with Crippen LogP contribution in [0.25, 0.3) is 0 Å². The van der Waals surface area contributed by atoms with Gasteiger partial charge in [0, 0.05) is 11.1 Å². The minimum Gasteiger partial charge on any atom is -0.379 e. The van der Waals surface area contributed by atoms with Crippen LogP contribution in [-0.2, 0) is 10.1 Å². The largest absolute Gasteiger partial charge is 0.379 e. The molecule has 3 rings (SSSR count). The van der Waals surface area contributed by atoms with E-state index in [1.54, 1.807) is 55.7 Å². The summed E-state index contributed by atoms with van der Waals surface area (Å²) < 4.78 is 30.7. The Hall–Kier alpha value is -2.44. The fourth-order valence-electron chi connectivity index (χ4n) is 2.82. The lowest BCUT2D eigenvalue weighted by molar-refractivity contribution is 0.485. The molecule has 134 valence electrons. The van der Waals surface area contributed by atoms with Crippen LogP contribution in [0.15, 0.2) is 63.8 Å². The molecule has 6 heteroatoms. The molecule has 0 aliphatic heterocycles. The van der Waals surface area contributed by atoms with Crippen molar-refractivity contribution < 1.29 is 12.6 Å². The molecule has 0 bridgehead atoms. The number of thiophene rings is 1. The molecule has 0 atom stereocenters. The third-order valence-corrected chi connectivity index (χ3v) is 6.14. The van der Waals surface area contributed by atoms with Gasteiger partial charge >= 0.3 is 10.1 Å². The van der Waals surface area contributed by atoms with E-state index in [0.29, 0.717) is 11.1 Å². The highest BCUT2D eigenvalue weighted by Crippen LogP contribution is 2.26. The van der Waals surface area contributed by atoms with E-state index in [1.807, 2.05) is 36.6 Å². The third kappa shape index (κ3) is 4.20. The van der Waals surface area contributed by atoms with Crippen LogP contribution < -0.4 is 4.18 Å². The first-order valence-electron chi connectivity index (χ1n) is 8.05. The quantitative estimate of drug-likeness (QED) is 0.448. The summed E-state index contributed by atoms with van der Waals surface area (Å²) in [5, 5.41) is 1.98. The lowest BCUT2D eigenvalue weighted by atomic mass is 10.1. The molecule has 0 N–H and O–H groups in total. The van der Waals surface area contributed by atoms with Crippen molar-refractivity contribution >= 4 is 33.4 Å². The van der Waals surface area contributed by atoms with Gasteiger partial charge in [-0.1, -0.05) is 23.8 Å². The number of hydrogen-bond donors (Lipinski definition) is 0. The summed E-state index contributed by atoms with van der Waals surface area (Å²) in [6, 6.07) is 14.3. The van der Waals surface area contributed by atoms with Crippen LogP contribution in [0.1, 0.15) is 21.6 Å². The Bertz CT molecular complexity index is 1010. The highest BCUT2D eigenvalue weighted by Gasteiger charge is 2.22.